The van der Waals surface area contributed by atoms with Crippen molar-refractivity contribution in [2.75, 3.05) is 0 Å². The van der Waals surface area contributed by atoms with E-state index in [4.69, 9.17) is 39.5 Å². The summed E-state index contributed by atoms with van der Waals surface area (Å²) >= 11 is 16.7. The van der Waals surface area contributed by atoms with Crippen molar-refractivity contribution >= 4 is 46.7 Å². The fourth-order valence-corrected chi connectivity index (χ4v) is 2.15. The van der Waals surface area contributed by atoms with Crippen molar-refractivity contribution in [3.63, 3.8) is 0 Å². The van der Waals surface area contributed by atoms with E-state index in [1.165, 1.54) is 6.92 Å². The molecule has 0 fully saturated rings. The molecule has 0 N–H and O–H groups in total. The molecular weight excluding hydrogens is 314 g/mol. The maximum absolute atomic E-state index is 11.9. The minimum atomic E-state index is -1.27. The van der Waals surface area contributed by atoms with Gasteiger partial charge in [0, 0.05) is 11.9 Å². The number of rotatable bonds is 4. The summed E-state index contributed by atoms with van der Waals surface area (Å²) in [7, 11) is 0. The Bertz CT molecular complexity index is 427. The third-order valence-corrected chi connectivity index (χ3v) is 3.97. The molecular formula is C12H12Cl3O4-. The molecule has 0 spiro atoms. The maximum atomic E-state index is 11.9. The molecule has 0 aromatic carbocycles. The summed E-state index contributed by atoms with van der Waals surface area (Å²) < 4.78 is 4.88. The molecule has 0 aromatic rings. The second-order valence-electron chi connectivity index (χ2n) is 4.16. The van der Waals surface area contributed by atoms with Gasteiger partial charge >= 0.3 is 5.97 Å². The van der Waals surface area contributed by atoms with Gasteiger partial charge in [-0.3, -0.25) is 4.79 Å². The highest BCUT2D eigenvalue weighted by molar-refractivity contribution is 6.59. The third kappa shape index (κ3) is 4.41. The third-order valence-electron chi connectivity index (χ3n) is 2.87. The van der Waals surface area contributed by atoms with Gasteiger partial charge in [-0.15, -0.1) is 0 Å². The normalized spacial score (nSPS) is 23.6. The van der Waals surface area contributed by atoms with E-state index in [-0.39, 0.29) is 15.9 Å². The molecule has 0 saturated carbocycles. The number of carboxylic acids is 1. The standard InChI is InChI=1S/C12H13Cl3O4/c1-6(9(13)10(14)15)19-12(18)8-5-3-2-4-7(8)11(16)17/h2-3,6-8H,4-5H2,1H3,(H,16,17)/p-1/t6-,7+,8+/m1/s1. The van der Waals surface area contributed by atoms with Gasteiger partial charge in [0.1, 0.15) is 10.6 Å². The van der Waals surface area contributed by atoms with Crippen LogP contribution in [0.3, 0.4) is 0 Å². The van der Waals surface area contributed by atoms with Crippen LogP contribution >= 0.6 is 34.8 Å². The molecule has 0 aromatic heterocycles. The van der Waals surface area contributed by atoms with Crippen LogP contribution in [0.4, 0.5) is 0 Å². The average Bonchev–Trinajstić information content (AvgIpc) is 2.37. The van der Waals surface area contributed by atoms with Crippen LogP contribution in [0.5, 0.6) is 0 Å². The number of aliphatic carboxylic acids is 1. The molecule has 4 nitrogen and oxygen atoms in total. The Morgan fingerprint density at radius 2 is 1.74 bits per heavy atom. The van der Waals surface area contributed by atoms with Gasteiger partial charge in [0.25, 0.3) is 0 Å². The highest BCUT2D eigenvalue weighted by Gasteiger charge is 2.32. The van der Waals surface area contributed by atoms with Crippen molar-refractivity contribution in [2.24, 2.45) is 11.8 Å². The van der Waals surface area contributed by atoms with Gasteiger partial charge in [0.15, 0.2) is 0 Å². The van der Waals surface area contributed by atoms with Crippen LogP contribution in [0.25, 0.3) is 0 Å². The summed E-state index contributed by atoms with van der Waals surface area (Å²) in [6.45, 7) is 1.50. The summed E-state index contributed by atoms with van der Waals surface area (Å²) in [5.41, 5.74) is 0. The maximum Gasteiger partial charge on any atom is 0.310 e. The number of carbonyl (C=O) groups excluding carboxylic acids is 2. The van der Waals surface area contributed by atoms with Crippen molar-refractivity contribution < 1.29 is 19.4 Å². The molecule has 106 valence electrons. The van der Waals surface area contributed by atoms with Crippen molar-refractivity contribution in [3.8, 4) is 0 Å². The second-order valence-corrected chi connectivity index (χ2v) is 5.52. The molecule has 1 aliphatic rings. The second kappa shape index (κ2) is 7.17. The Balaban J connectivity index is 2.74. The zero-order chi connectivity index (χ0) is 14.6. The van der Waals surface area contributed by atoms with E-state index in [9.17, 15) is 14.7 Å². The van der Waals surface area contributed by atoms with Crippen LogP contribution in [0.2, 0.25) is 0 Å². The highest BCUT2D eigenvalue weighted by Crippen LogP contribution is 2.29. The Kier molecular flexibility index (Phi) is 6.17. The smallest absolute Gasteiger partial charge is 0.310 e. The monoisotopic (exact) mass is 325 g/mol. The fraction of sp³-hybridized carbons (Fsp3) is 0.500. The number of ether oxygens (including phenoxy) is 1. The van der Waals surface area contributed by atoms with Gasteiger partial charge in [-0.2, -0.15) is 0 Å². The van der Waals surface area contributed by atoms with Crippen molar-refractivity contribution in [2.45, 2.75) is 25.9 Å². The lowest BCUT2D eigenvalue weighted by molar-refractivity contribution is -0.313. The topological polar surface area (TPSA) is 66.4 Å². The van der Waals surface area contributed by atoms with Crippen LogP contribution < -0.4 is 5.11 Å². The minimum Gasteiger partial charge on any atom is -0.550 e. The van der Waals surface area contributed by atoms with Crippen LogP contribution in [-0.2, 0) is 14.3 Å². The highest BCUT2D eigenvalue weighted by atomic mass is 35.5. The van der Waals surface area contributed by atoms with E-state index in [0.717, 1.165) is 0 Å². The van der Waals surface area contributed by atoms with Crippen LogP contribution in [0.15, 0.2) is 21.7 Å². The number of carbonyl (C=O) groups is 2. The number of allylic oxidation sites excluding steroid dienone is 2. The van der Waals surface area contributed by atoms with E-state index in [2.05, 4.69) is 0 Å². The number of halogens is 3. The van der Waals surface area contributed by atoms with Gasteiger partial charge in [0.05, 0.1) is 11.0 Å². The van der Waals surface area contributed by atoms with Crippen molar-refractivity contribution in [1.82, 2.24) is 0 Å². The molecule has 0 bridgehead atoms. The summed E-state index contributed by atoms with van der Waals surface area (Å²) in [6, 6.07) is 0. The Morgan fingerprint density at radius 3 is 2.21 bits per heavy atom. The molecule has 0 aliphatic heterocycles. The minimum absolute atomic E-state index is 0.00645. The van der Waals surface area contributed by atoms with Crippen LogP contribution in [0, 0.1) is 11.8 Å². The molecule has 0 radical (unpaired) electrons. The first-order valence-electron chi connectivity index (χ1n) is 5.61. The van der Waals surface area contributed by atoms with E-state index in [1.54, 1.807) is 12.2 Å². The van der Waals surface area contributed by atoms with E-state index in [0.29, 0.717) is 6.42 Å². The Morgan fingerprint density at radius 1 is 1.21 bits per heavy atom. The zero-order valence-electron chi connectivity index (χ0n) is 10.1. The summed E-state index contributed by atoms with van der Waals surface area (Å²) in [5, 5.41) is 11.0. The van der Waals surface area contributed by atoms with Crippen LogP contribution in [0.1, 0.15) is 19.8 Å². The van der Waals surface area contributed by atoms with Crippen LogP contribution in [-0.4, -0.2) is 18.0 Å². The van der Waals surface area contributed by atoms with Gasteiger partial charge < -0.3 is 14.6 Å². The molecule has 3 atom stereocenters. The first kappa shape index (κ1) is 16.3. The molecule has 0 amide bonds. The number of esters is 1. The lowest BCUT2D eigenvalue weighted by Gasteiger charge is -2.28. The molecule has 1 aliphatic carbocycles. The number of hydrogen-bond donors (Lipinski definition) is 0. The average molecular weight is 327 g/mol. The quantitative estimate of drug-likeness (QED) is 0.586. The van der Waals surface area contributed by atoms with Gasteiger partial charge in [-0.1, -0.05) is 47.0 Å². The lowest BCUT2D eigenvalue weighted by atomic mass is 9.83. The predicted octanol–water partition coefficient (Wildman–Crippen LogP) is 2.14. The molecule has 0 heterocycles. The zero-order valence-corrected chi connectivity index (χ0v) is 12.3. The molecule has 0 saturated heterocycles. The van der Waals surface area contributed by atoms with E-state index >= 15 is 0 Å². The molecule has 7 heteroatoms. The molecule has 1 rings (SSSR count). The van der Waals surface area contributed by atoms with E-state index in [1.807, 2.05) is 0 Å². The number of carboxylic acid groups (broad SMARTS) is 1. The Hall–Kier alpha value is -0.710. The predicted molar refractivity (Wildman–Crippen MR) is 70.5 cm³/mol. The number of hydrogen-bond acceptors (Lipinski definition) is 4. The molecule has 19 heavy (non-hydrogen) atoms. The first-order valence-corrected chi connectivity index (χ1v) is 6.75. The summed E-state index contributed by atoms with van der Waals surface area (Å²) in [4.78, 5) is 22.9. The fourth-order valence-electron chi connectivity index (χ4n) is 1.80. The SMILES string of the molecule is C[C@@H](OC(=O)[C@H]1CC=CC[C@@H]1C(=O)[O-])C(Cl)=C(Cl)Cl. The van der Waals surface area contributed by atoms with Gasteiger partial charge in [-0.05, 0) is 19.8 Å². The van der Waals surface area contributed by atoms with Crippen molar-refractivity contribution in [3.05, 3.63) is 21.7 Å². The van der Waals surface area contributed by atoms with Gasteiger partial charge in [-0.25, -0.2) is 0 Å². The van der Waals surface area contributed by atoms with E-state index < -0.39 is 29.9 Å². The summed E-state index contributed by atoms with van der Waals surface area (Å²) in [6.07, 6.45) is 3.15. The summed E-state index contributed by atoms with van der Waals surface area (Å²) in [5.74, 6) is -3.59. The largest absolute Gasteiger partial charge is 0.550 e. The van der Waals surface area contributed by atoms with Gasteiger partial charge in [0.2, 0.25) is 0 Å². The van der Waals surface area contributed by atoms with Crippen molar-refractivity contribution in [1.29, 1.82) is 0 Å². The Labute approximate surface area is 126 Å². The molecule has 0 unspecified atom stereocenters. The lowest BCUT2D eigenvalue weighted by Crippen LogP contribution is -2.41. The first-order chi connectivity index (χ1) is 8.84.